The van der Waals surface area contributed by atoms with Gasteiger partial charge in [0.2, 0.25) is 0 Å². The molecule has 0 aliphatic carbocycles. The molecule has 0 saturated carbocycles. The summed E-state index contributed by atoms with van der Waals surface area (Å²) in [5.74, 6) is -0.119. The summed E-state index contributed by atoms with van der Waals surface area (Å²) >= 11 is 2.68. The van der Waals surface area contributed by atoms with E-state index in [-0.39, 0.29) is 22.8 Å². The molecule has 0 radical (unpaired) electrons. The molecule has 1 aromatic rings. The first-order chi connectivity index (χ1) is 7.54. The minimum Gasteiger partial charge on any atom is -0.401 e. The number of Topliss-reactive ketones (excluding diaryl/α,β-unsaturated/α-hetero) is 1. The molecule has 0 spiro atoms. The molecule has 0 atom stereocenters. The van der Waals surface area contributed by atoms with Gasteiger partial charge in [-0.15, -0.1) is 10.2 Å². The van der Waals surface area contributed by atoms with Crippen LogP contribution < -0.4 is 5.73 Å². The predicted molar refractivity (Wildman–Crippen MR) is 62.9 cm³/mol. The highest BCUT2D eigenvalue weighted by Crippen LogP contribution is 2.22. The monoisotopic (exact) mass is 254 g/mol. The minimum absolute atomic E-state index is 0.0220. The maximum Gasteiger partial charge on any atom is 0.185 e. The minimum atomic E-state index is -0.277. The number of hydrogen-bond acceptors (Lipinski definition) is 7. The number of rotatable bonds is 4. The summed E-state index contributed by atoms with van der Waals surface area (Å²) in [5, 5.41) is 17.3. The van der Waals surface area contributed by atoms with E-state index in [1.807, 2.05) is 6.92 Å². The van der Waals surface area contributed by atoms with Gasteiger partial charge in [-0.05, 0) is 13.8 Å². The van der Waals surface area contributed by atoms with Crippen molar-refractivity contribution in [1.29, 1.82) is 5.26 Å². The standard InChI is InChI=1S/C9H10N4OS2/c1-5(11)7(3-10)8(14)4-15-9-13-12-6(2)16-9/h4,11H2,1-2H3/b7-5-. The van der Waals surface area contributed by atoms with Crippen LogP contribution >= 0.6 is 23.1 Å². The third-order valence-corrected chi connectivity index (χ3v) is 3.59. The Morgan fingerprint density at radius 1 is 1.62 bits per heavy atom. The number of allylic oxidation sites excluding steroid dienone is 2. The average Bonchev–Trinajstić information content (AvgIpc) is 2.62. The number of hydrogen-bond donors (Lipinski definition) is 1. The van der Waals surface area contributed by atoms with Gasteiger partial charge in [0, 0.05) is 5.70 Å². The van der Waals surface area contributed by atoms with Gasteiger partial charge < -0.3 is 5.73 Å². The summed E-state index contributed by atoms with van der Waals surface area (Å²) in [4.78, 5) is 11.6. The third-order valence-electron chi connectivity index (χ3n) is 1.62. The van der Waals surface area contributed by atoms with Gasteiger partial charge in [0.15, 0.2) is 10.1 Å². The molecule has 0 aromatic carbocycles. The Labute approximate surface area is 101 Å². The second kappa shape index (κ2) is 5.63. The van der Waals surface area contributed by atoms with Crippen molar-refractivity contribution in [1.82, 2.24) is 10.2 Å². The quantitative estimate of drug-likeness (QED) is 0.494. The molecule has 0 bridgehead atoms. The Balaban J connectivity index is 2.61. The molecule has 0 fully saturated rings. The summed E-state index contributed by atoms with van der Waals surface area (Å²) in [6.07, 6.45) is 0. The summed E-state index contributed by atoms with van der Waals surface area (Å²) in [6.45, 7) is 3.38. The maximum absolute atomic E-state index is 11.6. The highest BCUT2D eigenvalue weighted by molar-refractivity contribution is 8.01. The summed E-state index contributed by atoms with van der Waals surface area (Å²) in [7, 11) is 0. The van der Waals surface area contributed by atoms with Crippen molar-refractivity contribution in [2.45, 2.75) is 18.2 Å². The normalized spacial score (nSPS) is 11.8. The van der Waals surface area contributed by atoms with Crippen molar-refractivity contribution in [3.05, 3.63) is 16.3 Å². The fourth-order valence-corrected chi connectivity index (χ4v) is 2.59. The van der Waals surface area contributed by atoms with Crippen LogP contribution in [-0.4, -0.2) is 21.7 Å². The lowest BCUT2D eigenvalue weighted by atomic mass is 10.2. The van der Waals surface area contributed by atoms with Crippen molar-refractivity contribution < 1.29 is 4.79 Å². The molecular weight excluding hydrogens is 244 g/mol. The molecule has 16 heavy (non-hydrogen) atoms. The number of nitrogens with two attached hydrogens (primary N) is 1. The first kappa shape index (κ1) is 12.7. The predicted octanol–water partition coefficient (Wildman–Crippen LogP) is 1.26. The maximum atomic E-state index is 11.6. The van der Waals surface area contributed by atoms with Crippen LogP contribution in [0.1, 0.15) is 11.9 Å². The van der Waals surface area contributed by atoms with Crippen LogP contribution in [0.15, 0.2) is 15.6 Å². The number of ketones is 1. The third kappa shape index (κ3) is 3.32. The average molecular weight is 254 g/mol. The molecule has 0 aliphatic rings. The first-order valence-electron chi connectivity index (χ1n) is 4.37. The van der Waals surface area contributed by atoms with Gasteiger partial charge in [-0.25, -0.2) is 0 Å². The highest BCUT2D eigenvalue weighted by Gasteiger charge is 2.13. The van der Waals surface area contributed by atoms with E-state index < -0.39 is 0 Å². The molecule has 0 aliphatic heterocycles. The van der Waals surface area contributed by atoms with E-state index in [0.29, 0.717) is 0 Å². The van der Waals surface area contributed by atoms with Crippen LogP contribution in [0.4, 0.5) is 0 Å². The van der Waals surface area contributed by atoms with Gasteiger partial charge in [0.1, 0.15) is 16.6 Å². The highest BCUT2D eigenvalue weighted by atomic mass is 32.2. The van der Waals surface area contributed by atoms with Crippen molar-refractivity contribution in [2.75, 3.05) is 5.75 Å². The number of aryl methyl sites for hydroxylation is 1. The summed E-state index contributed by atoms with van der Waals surface area (Å²) in [5.41, 5.74) is 5.70. The molecule has 7 heteroatoms. The zero-order valence-corrected chi connectivity index (χ0v) is 10.5. The Bertz CT molecular complexity index is 468. The van der Waals surface area contributed by atoms with E-state index >= 15 is 0 Å². The zero-order valence-electron chi connectivity index (χ0n) is 8.85. The molecule has 84 valence electrons. The molecule has 1 heterocycles. The van der Waals surface area contributed by atoms with Crippen LogP contribution in [0, 0.1) is 18.3 Å². The zero-order chi connectivity index (χ0) is 12.1. The number of carbonyl (C=O) groups is 1. The number of nitriles is 1. The topological polar surface area (TPSA) is 92.7 Å². The molecule has 5 nitrogen and oxygen atoms in total. The molecular formula is C9H10N4OS2. The van der Waals surface area contributed by atoms with Gasteiger partial charge in [0.05, 0.1) is 5.75 Å². The fourth-order valence-electron chi connectivity index (χ4n) is 0.907. The smallest absolute Gasteiger partial charge is 0.185 e. The first-order valence-corrected chi connectivity index (χ1v) is 6.17. The van der Waals surface area contributed by atoms with Crippen molar-refractivity contribution in [3.63, 3.8) is 0 Å². The van der Waals surface area contributed by atoms with Crippen LogP contribution in [0.2, 0.25) is 0 Å². The van der Waals surface area contributed by atoms with E-state index in [4.69, 9.17) is 11.0 Å². The largest absolute Gasteiger partial charge is 0.401 e. The molecule has 1 rings (SSSR count). The SMILES string of the molecule is C/C(N)=C(\C#N)C(=O)CSc1nnc(C)s1. The molecule has 2 N–H and O–H groups in total. The van der Waals surface area contributed by atoms with Crippen LogP contribution in [0.25, 0.3) is 0 Å². The Kier molecular flexibility index (Phi) is 4.46. The van der Waals surface area contributed by atoms with Gasteiger partial charge in [-0.3, -0.25) is 4.79 Å². The lowest BCUT2D eigenvalue weighted by Gasteiger charge is -1.98. The van der Waals surface area contributed by atoms with Gasteiger partial charge >= 0.3 is 0 Å². The second-order valence-corrected chi connectivity index (χ2v) is 5.37. The summed E-state index contributed by atoms with van der Waals surface area (Å²) < 4.78 is 0.720. The van der Waals surface area contributed by atoms with Gasteiger partial charge in [-0.1, -0.05) is 23.1 Å². The molecule has 0 unspecified atom stereocenters. The number of aromatic nitrogens is 2. The number of thioether (sulfide) groups is 1. The molecule has 0 saturated heterocycles. The van der Waals surface area contributed by atoms with E-state index in [9.17, 15) is 4.79 Å². The molecule has 1 aromatic heterocycles. The Morgan fingerprint density at radius 3 is 2.75 bits per heavy atom. The Hall–Kier alpha value is -1.39. The van der Waals surface area contributed by atoms with E-state index in [2.05, 4.69) is 10.2 Å². The lowest BCUT2D eigenvalue weighted by Crippen LogP contribution is -2.10. The second-order valence-electron chi connectivity index (χ2n) is 2.97. The summed E-state index contributed by atoms with van der Waals surface area (Å²) in [6, 6.07) is 1.80. The van der Waals surface area contributed by atoms with Crippen LogP contribution in [-0.2, 0) is 4.79 Å². The number of carbonyl (C=O) groups excluding carboxylic acids is 1. The lowest BCUT2D eigenvalue weighted by molar-refractivity contribution is -0.112. The Morgan fingerprint density at radius 2 is 2.31 bits per heavy atom. The van der Waals surface area contributed by atoms with E-state index in [1.54, 1.807) is 6.07 Å². The van der Waals surface area contributed by atoms with Crippen molar-refractivity contribution >= 4 is 28.9 Å². The van der Waals surface area contributed by atoms with Crippen molar-refractivity contribution in [2.24, 2.45) is 5.73 Å². The van der Waals surface area contributed by atoms with E-state index in [0.717, 1.165) is 9.35 Å². The molecule has 0 amide bonds. The number of nitrogens with zero attached hydrogens (tertiary/aromatic N) is 3. The van der Waals surface area contributed by atoms with Crippen LogP contribution in [0.5, 0.6) is 0 Å². The van der Waals surface area contributed by atoms with Gasteiger partial charge in [-0.2, -0.15) is 5.26 Å². The van der Waals surface area contributed by atoms with E-state index in [1.165, 1.54) is 30.0 Å². The van der Waals surface area contributed by atoms with Crippen LogP contribution in [0.3, 0.4) is 0 Å². The van der Waals surface area contributed by atoms with Gasteiger partial charge in [0.25, 0.3) is 0 Å². The fraction of sp³-hybridized carbons (Fsp3) is 0.333. The van der Waals surface area contributed by atoms with Crippen molar-refractivity contribution in [3.8, 4) is 6.07 Å².